The molecule has 0 fully saturated rings. The Bertz CT molecular complexity index is 936. The van der Waals surface area contributed by atoms with Crippen molar-refractivity contribution in [2.24, 2.45) is 0 Å². The van der Waals surface area contributed by atoms with Crippen LogP contribution in [0.1, 0.15) is 15.9 Å². The molecule has 0 bridgehead atoms. The van der Waals surface area contributed by atoms with Crippen LogP contribution in [0.4, 0.5) is 0 Å². The summed E-state index contributed by atoms with van der Waals surface area (Å²) >= 11 is 0. The van der Waals surface area contributed by atoms with Crippen molar-refractivity contribution in [3.05, 3.63) is 64.0 Å². The van der Waals surface area contributed by atoms with Crippen LogP contribution in [0.3, 0.4) is 0 Å². The van der Waals surface area contributed by atoms with Gasteiger partial charge in [-0.05, 0) is 24.6 Å². The molecule has 3 aromatic rings. The Morgan fingerprint density at radius 1 is 1.09 bits per heavy atom. The molecule has 110 valence electrons. The average molecular weight is 296 g/mol. The van der Waals surface area contributed by atoms with Gasteiger partial charge in [0.1, 0.15) is 16.9 Å². The lowest BCUT2D eigenvalue weighted by atomic mass is 10.0. The molecule has 3 rings (SSSR count). The second kappa shape index (κ2) is 5.04. The molecule has 1 heterocycles. The lowest BCUT2D eigenvalue weighted by molar-refractivity contribution is 0.0692. The average Bonchev–Trinajstić information content (AvgIpc) is 2.47. The second-order valence-corrected chi connectivity index (χ2v) is 5.03. The van der Waals surface area contributed by atoms with Gasteiger partial charge < -0.3 is 14.6 Å². The quantitative estimate of drug-likeness (QED) is 0.709. The van der Waals surface area contributed by atoms with Crippen molar-refractivity contribution in [3.63, 3.8) is 0 Å². The highest BCUT2D eigenvalue weighted by Crippen LogP contribution is 2.33. The zero-order valence-corrected chi connectivity index (χ0v) is 11.7. The topological polar surface area (TPSA) is 87.7 Å². The maximum atomic E-state index is 11.5. The Hall–Kier alpha value is -3.08. The van der Waals surface area contributed by atoms with Gasteiger partial charge in [-0.2, -0.15) is 0 Å². The van der Waals surface area contributed by atoms with Gasteiger partial charge in [0.15, 0.2) is 0 Å². The molecular weight excluding hydrogens is 284 g/mol. The Balaban J connectivity index is 2.26. The van der Waals surface area contributed by atoms with Crippen LogP contribution >= 0.6 is 0 Å². The summed E-state index contributed by atoms with van der Waals surface area (Å²) in [7, 11) is 0. The van der Waals surface area contributed by atoms with Gasteiger partial charge in [0.25, 0.3) is 0 Å². The largest absolute Gasteiger partial charge is 0.507 e. The predicted octanol–water partition coefficient (Wildman–Crippen LogP) is 3.17. The van der Waals surface area contributed by atoms with E-state index in [0.29, 0.717) is 10.9 Å². The van der Waals surface area contributed by atoms with Crippen molar-refractivity contribution < 1.29 is 19.4 Å². The van der Waals surface area contributed by atoms with Crippen LogP contribution in [0, 0.1) is 6.92 Å². The van der Waals surface area contributed by atoms with E-state index in [1.165, 1.54) is 12.1 Å². The SMILES string of the molecule is Cc1ccc(-c2cc3cc(C(=O)O)c(=O)oc3cc2O)cc1. The van der Waals surface area contributed by atoms with Crippen molar-refractivity contribution >= 4 is 16.9 Å². The molecule has 5 nitrogen and oxygen atoms in total. The first-order valence-electron chi connectivity index (χ1n) is 6.57. The number of hydrogen-bond acceptors (Lipinski definition) is 4. The van der Waals surface area contributed by atoms with Gasteiger partial charge in [-0.3, -0.25) is 0 Å². The standard InChI is InChI=1S/C17H12O5/c1-9-2-4-10(5-3-9)12-6-11-7-13(16(19)20)17(21)22-15(11)8-14(12)18/h2-8,18H,1H3,(H,19,20). The third kappa shape index (κ3) is 2.33. The Kier molecular flexibility index (Phi) is 3.18. The first-order valence-corrected chi connectivity index (χ1v) is 6.57. The molecule has 0 radical (unpaired) electrons. The molecule has 0 unspecified atom stereocenters. The first-order chi connectivity index (χ1) is 10.5. The molecule has 0 spiro atoms. The minimum absolute atomic E-state index is 0.0393. The number of fused-ring (bicyclic) bond motifs is 1. The Labute approximate surface area is 125 Å². The highest BCUT2D eigenvalue weighted by atomic mass is 16.4. The van der Waals surface area contributed by atoms with Gasteiger partial charge >= 0.3 is 11.6 Å². The Morgan fingerprint density at radius 3 is 2.41 bits per heavy atom. The van der Waals surface area contributed by atoms with E-state index in [4.69, 9.17) is 9.52 Å². The fourth-order valence-electron chi connectivity index (χ4n) is 2.27. The van der Waals surface area contributed by atoms with Crippen molar-refractivity contribution in [1.29, 1.82) is 0 Å². The van der Waals surface area contributed by atoms with Crippen LogP contribution in [0.5, 0.6) is 5.75 Å². The number of rotatable bonds is 2. The summed E-state index contributed by atoms with van der Waals surface area (Å²) in [6.45, 7) is 1.96. The number of carboxylic acids is 1. The first kappa shape index (κ1) is 13.9. The van der Waals surface area contributed by atoms with Crippen molar-refractivity contribution in [2.75, 3.05) is 0 Å². The summed E-state index contributed by atoms with van der Waals surface area (Å²) in [5, 5.41) is 19.5. The molecule has 0 aliphatic rings. The molecule has 2 aromatic carbocycles. The molecule has 0 atom stereocenters. The maximum absolute atomic E-state index is 11.5. The van der Waals surface area contributed by atoms with E-state index in [9.17, 15) is 14.7 Å². The third-order valence-electron chi connectivity index (χ3n) is 3.44. The molecule has 0 saturated carbocycles. The van der Waals surface area contributed by atoms with Crippen LogP contribution in [-0.2, 0) is 0 Å². The number of hydrogen-bond donors (Lipinski definition) is 2. The van der Waals surface area contributed by atoms with Crippen LogP contribution in [-0.4, -0.2) is 16.2 Å². The summed E-state index contributed by atoms with van der Waals surface area (Å²) in [6.07, 6.45) is 0. The molecule has 0 amide bonds. The second-order valence-electron chi connectivity index (χ2n) is 5.03. The lowest BCUT2D eigenvalue weighted by Crippen LogP contribution is -2.12. The van der Waals surface area contributed by atoms with Crippen LogP contribution < -0.4 is 5.63 Å². The van der Waals surface area contributed by atoms with Gasteiger partial charge in [0.05, 0.1) is 0 Å². The predicted molar refractivity (Wildman–Crippen MR) is 81.3 cm³/mol. The molecule has 0 aliphatic carbocycles. The van der Waals surface area contributed by atoms with E-state index in [-0.39, 0.29) is 11.3 Å². The van der Waals surface area contributed by atoms with Gasteiger partial charge in [-0.15, -0.1) is 0 Å². The summed E-state index contributed by atoms with van der Waals surface area (Å²) in [4.78, 5) is 22.6. The van der Waals surface area contributed by atoms with Crippen LogP contribution in [0.15, 0.2) is 51.7 Å². The number of aromatic hydroxyl groups is 1. The number of aryl methyl sites for hydroxylation is 1. The molecule has 0 aliphatic heterocycles. The number of carboxylic acid groups (broad SMARTS) is 1. The number of phenolic OH excluding ortho intramolecular Hbond substituents is 1. The lowest BCUT2D eigenvalue weighted by Gasteiger charge is -2.07. The Morgan fingerprint density at radius 2 is 1.77 bits per heavy atom. The molecule has 5 heteroatoms. The summed E-state index contributed by atoms with van der Waals surface area (Å²) < 4.78 is 4.95. The van der Waals surface area contributed by atoms with E-state index in [0.717, 1.165) is 11.1 Å². The zero-order valence-electron chi connectivity index (χ0n) is 11.7. The normalized spacial score (nSPS) is 10.8. The summed E-state index contributed by atoms with van der Waals surface area (Å²) in [5.74, 6) is -1.39. The number of phenols is 1. The van der Waals surface area contributed by atoms with Crippen molar-refractivity contribution in [1.82, 2.24) is 0 Å². The van der Waals surface area contributed by atoms with E-state index in [1.807, 2.05) is 31.2 Å². The third-order valence-corrected chi connectivity index (χ3v) is 3.44. The van der Waals surface area contributed by atoms with Crippen LogP contribution in [0.2, 0.25) is 0 Å². The fourth-order valence-corrected chi connectivity index (χ4v) is 2.27. The van der Waals surface area contributed by atoms with Crippen molar-refractivity contribution in [3.8, 4) is 16.9 Å². The van der Waals surface area contributed by atoms with Crippen LogP contribution in [0.25, 0.3) is 22.1 Å². The molecule has 0 saturated heterocycles. The highest BCUT2D eigenvalue weighted by Gasteiger charge is 2.14. The van der Waals surface area contributed by atoms with Crippen molar-refractivity contribution in [2.45, 2.75) is 6.92 Å². The highest BCUT2D eigenvalue weighted by molar-refractivity contribution is 5.93. The fraction of sp³-hybridized carbons (Fsp3) is 0.0588. The number of carbonyl (C=O) groups is 1. The number of aromatic carboxylic acids is 1. The van der Waals surface area contributed by atoms with E-state index in [2.05, 4.69) is 0 Å². The van der Waals surface area contributed by atoms with Gasteiger partial charge in [0, 0.05) is 17.0 Å². The molecule has 22 heavy (non-hydrogen) atoms. The zero-order chi connectivity index (χ0) is 15.9. The smallest absolute Gasteiger partial charge is 0.351 e. The minimum atomic E-state index is -1.35. The monoisotopic (exact) mass is 296 g/mol. The molecule has 2 N–H and O–H groups in total. The number of benzene rings is 2. The van der Waals surface area contributed by atoms with E-state index < -0.39 is 17.2 Å². The minimum Gasteiger partial charge on any atom is -0.507 e. The van der Waals surface area contributed by atoms with Gasteiger partial charge in [0.2, 0.25) is 0 Å². The maximum Gasteiger partial charge on any atom is 0.351 e. The summed E-state index contributed by atoms with van der Waals surface area (Å²) in [5.41, 5.74) is 1.17. The van der Waals surface area contributed by atoms with E-state index in [1.54, 1.807) is 6.07 Å². The summed E-state index contributed by atoms with van der Waals surface area (Å²) in [6, 6.07) is 11.7. The molecule has 1 aromatic heterocycles. The van der Waals surface area contributed by atoms with Gasteiger partial charge in [-0.1, -0.05) is 29.8 Å². The molecular formula is C17H12O5. The van der Waals surface area contributed by atoms with Gasteiger partial charge in [-0.25, -0.2) is 9.59 Å². The van der Waals surface area contributed by atoms with E-state index >= 15 is 0 Å².